The summed E-state index contributed by atoms with van der Waals surface area (Å²) >= 11 is 0. The van der Waals surface area contributed by atoms with Crippen molar-refractivity contribution in [1.82, 2.24) is 15.6 Å². The molecule has 2 fully saturated rings. The fourth-order valence-corrected chi connectivity index (χ4v) is 5.20. The number of H-pyrrole nitrogens is 1. The second-order valence-electron chi connectivity index (χ2n) is 10.6. The van der Waals surface area contributed by atoms with Crippen molar-refractivity contribution in [2.45, 2.75) is 73.0 Å². The third-order valence-electron chi connectivity index (χ3n) is 7.89. The minimum Gasteiger partial charge on any atom is -0.377 e. The predicted octanol–water partition coefficient (Wildman–Crippen LogP) is 3.52. The van der Waals surface area contributed by atoms with Gasteiger partial charge in [0.25, 0.3) is 11.5 Å². The van der Waals surface area contributed by atoms with E-state index < -0.39 is 0 Å². The summed E-state index contributed by atoms with van der Waals surface area (Å²) in [4.78, 5) is 44.2. The van der Waals surface area contributed by atoms with Crippen molar-refractivity contribution < 1.29 is 14.3 Å². The van der Waals surface area contributed by atoms with E-state index in [2.05, 4.69) is 32.8 Å². The van der Waals surface area contributed by atoms with Crippen molar-refractivity contribution in [1.29, 1.82) is 0 Å². The number of anilines is 2. The number of nitrogens with zero attached hydrogens (tertiary/aromatic N) is 1. The molecular weight excluding hydrogens is 482 g/mol. The number of ether oxygens (including phenoxy) is 1. The maximum Gasteiger partial charge on any atom is 0.253 e. The lowest BCUT2D eigenvalue weighted by molar-refractivity contribution is -0.121. The molecule has 4 rings (SSSR count). The van der Waals surface area contributed by atoms with Gasteiger partial charge in [-0.25, -0.2) is 0 Å². The van der Waals surface area contributed by atoms with E-state index in [9.17, 15) is 14.4 Å². The quantitative estimate of drug-likeness (QED) is 0.379. The molecule has 38 heavy (non-hydrogen) atoms. The summed E-state index contributed by atoms with van der Waals surface area (Å²) < 4.78 is 5.73. The van der Waals surface area contributed by atoms with Gasteiger partial charge in [0.2, 0.25) is 5.91 Å². The SMILES string of the molecule is CCCN(c1cc(NC(=O)C2(CC)CC2)c(C)c(C(=O)NCc2c(C)cc(C)[nH]c2=O)c1)C1COCCN1. The van der Waals surface area contributed by atoms with Gasteiger partial charge in [-0.15, -0.1) is 0 Å². The zero-order valence-electron chi connectivity index (χ0n) is 23.3. The second-order valence-corrected chi connectivity index (χ2v) is 10.6. The van der Waals surface area contributed by atoms with E-state index in [0.29, 0.717) is 35.6 Å². The molecule has 0 spiro atoms. The Labute approximate surface area is 224 Å². The number of benzene rings is 1. The van der Waals surface area contributed by atoms with E-state index in [0.717, 1.165) is 55.7 Å². The number of aromatic amines is 1. The van der Waals surface area contributed by atoms with Crippen LogP contribution in [0.3, 0.4) is 0 Å². The average molecular weight is 524 g/mol. The van der Waals surface area contributed by atoms with E-state index in [1.54, 1.807) is 0 Å². The number of hydrogen-bond donors (Lipinski definition) is 4. The fourth-order valence-electron chi connectivity index (χ4n) is 5.20. The lowest BCUT2D eigenvalue weighted by Gasteiger charge is -2.37. The van der Waals surface area contributed by atoms with Gasteiger partial charge in [0, 0.05) is 53.2 Å². The molecule has 1 saturated carbocycles. The van der Waals surface area contributed by atoms with Crippen LogP contribution in [0, 0.1) is 26.2 Å². The van der Waals surface area contributed by atoms with Gasteiger partial charge in [-0.2, -0.15) is 0 Å². The van der Waals surface area contributed by atoms with Gasteiger partial charge in [-0.1, -0.05) is 13.8 Å². The molecule has 9 heteroatoms. The fraction of sp³-hybridized carbons (Fsp3) is 0.552. The molecule has 2 aromatic rings. The van der Waals surface area contributed by atoms with Crippen molar-refractivity contribution in [2.24, 2.45) is 5.41 Å². The van der Waals surface area contributed by atoms with Crippen LogP contribution in [0.5, 0.6) is 0 Å². The highest BCUT2D eigenvalue weighted by Crippen LogP contribution is 2.49. The number of carbonyl (C=O) groups is 2. The number of amides is 2. The summed E-state index contributed by atoms with van der Waals surface area (Å²) in [6.45, 7) is 12.5. The Kier molecular flexibility index (Phi) is 8.57. The Bertz CT molecular complexity index is 1240. The summed E-state index contributed by atoms with van der Waals surface area (Å²) in [5.74, 6) is -0.283. The Morgan fingerprint density at radius 3 is 2.53 bits per heavy atom. The molecule has 1 unspecified atom stereocenters. The first-order valence-corrected chi connectivity index (χ1v) is 13.7. The molecule has 1 saturated heterocycles. The summed E-state index contributed by atoms with van der Waals surface area (Å²) in [7, 11) is 0. The zero-order chi connectivity index (χ0) is 27.4. The van der Waals surface area contributed by atoms with Crippen molar-refractivity contribution in [3.63, 3.8) is 0 Å². The number of hydrogen-bond acceptors (Lipinski definition) is 6. The van der Waals surface area contributed by atoms with E-state index in [1.807, 2.05) is 45.9 Å². The molecule has 1 aromatic carbocycles. The van der Waals surface area contributed by atoms with Gasteiger partial charge >= 0.3 is 0 Å². The number of carbonyl (C=O) groups excluding carboxylic acids is 2. The standard InChI is InChI=1S/C29H41N5O4/c1-6-11-34(25-17-38-12-10-30-25)21-14-22(20(5)24(15-21)33-28(37)29(7-2)8-9-29)26(35)31-16-23-18(3)13-19(4)32-27(23)36/h13-15,25,30H,6-12,16-17H2,1-5H3,(H,31,35)(H,32,36)(H,33,37). The summed E-state index contributed by atoms with van der Waals surface area (Å²) in [6, 6.07) is 5.74. The van der Waals surface area contributed by atoms with Crippen LogP contribution < -0.4 is 26.4 Å². The highest BCUT2D eigenvalue weighted by Gasteiger charge is 2.48. The highest BCUT2D eigenvalue weighted by atomic mass is 16.5. The summed E-state index contributed by atoms with van der Waals surface area (Å²) in [6.07, 6.45) is 3.43. The Morgan fingerprint density at radius 2 is 1.92 bits per heavy atom. The molecule has 1 aromatic heterocycles. The van der Waals surface area contributed by atoms with Crippen LogP contribution in [0.4, 0.5) is 11.4 Å². The average Bonchev–Trinajstić information content (AvgIpc) is 3.70. The molecular formula is C29H41N5O4. The number of pyridine rings is 1. The normalized spacial score (nSPS) is 18.1. The smallest absolute Gasteiger partial charge is 0.253 e. The molecule has 2 amide bonds. The first-order chi connectivity index (χ1) is 18.2. The third kappa shape index (κ3) is 5.94. The molecule has 2 aliphatic rings. The summed E-state index contributed by atoms with van der Waals surface area (Å²) in [5, 5.41) is 9.59. The highest BCUT2D eigenvalue weighted by molar-refractivity contribution is 6.02. The number of morpholine rings is 1. The Hall–Kier alpha value is -3.17. The van der Waals surface area contributed by atoms with Gasteiger partial charge in [0.15, 0.2) is 0 Å². The molecule has 0 bridgehead atoms. The lowest BCUT2D eigenvalue weighted by Crippen LogP contribution is -2.53. The molecule has 2 heterocycles. The number of aryl methyl sites for hydroxylation is 2. The van der Waals surface area contributed by atoms with Gasteiger partial charge < -0.3 is 25.3 Å². The Balaban J connectivity index is 1.68. The van der Waals surface area contributed by atoms with Crippen molar-refractivity contribution in [2.75, 3.05) is 36.5 Å². The van der Waals surface area contributed by atoms with Crippen LogP contribution in [-0.4, -0.2) is 49.3 Å². The third-order valence-corrected chi connectivity index (χ3v) is 7.89. The van der Waals surface area contributed by atoms with Crippen LogP contribution in [-0.2, 0) is 16.1 Å². The predicted molar refractivity (Wildman–Crippen MR) is 150 cm³/mol. The minimum absolute atomic E-state index is 0.00888. The van der Waals surface area contributed by atoms with E-state index in [-0.39, 0.29) is 35.5 Å². The molecule has 206 valence electrons. The van der Waals surface area contributed by atoms with E-state index >= 15 is 0 Å². The molecule has 9 nitrogen and oxygen atoms in total. The van der Waals surface area contributed by atoms with Crippen LogP contribution in [0.1, 0.15) is 72.3 Å². The van der Waals surface area contributed by atoms with E-state index in [4.69, 9.17) is 4.74 Å². The molecule has 0 radical (unpaired) electrons. The van der Waals surface area contributed by atoms with Crippen LogP contribution in [0.25, 0.3) is 0 Å². The zero-order valence-corrected chi connectivity index (χ0v) is 23.3. The van der Waals surface area contributed by atoms with Crippen LogP contribution >= 0.6 is 0 Å². The lowest BCUT2D eigenvalue weighted by atomic mass is 10.00. The summed E-state index contributed by atoms with van der Waals surface area (Å²) in [5.41, 5.74) is 4.28. The number of nitrogens with one attached hydrogen (secondary N) is 4. The van der Waals surface area contributed by atoms with Crippen LogP contribution in [0.15, 0.2) is 23.0 Å². The minimum atomic E-state index is -0.309. The van der Waals surface area contributed by atoms with Gasteiger partial charge in [-0.3, -0.25) is 19.7 Å². The van der Waals surface area contributed by atoms with Crippen LogP contribution in [0.2, 0.25) is 0 Å². The maximum absolute atomic E-state index is 13.5. The topological polar surface area (TPSA) is 116 Å². The van der Waals surface area contributed by atoms with Crippen molar-refractivity contribution >= 4 is 23.2 Å². The maximum atomic E-state index is 13.5. The monoisotopic (exact) mass is 523 g/mol. The largest absolute Gasteiger partial charge is 0.377 e. The van der Waals surface area contributed by atoms with E-state index in [1.165, 1.54) is 0 Å². The molecule has 1 atom stereocenters. The number of aromatic nitrogens is 1. The number of rotatable bonds is 10. The first kappa shape index (κ1) is 27.9. The Morgan fingerprint density at radius 1 is 1.16 bits per heavy atom. The van der Waals surface area contributed by atoms with Crippen molar-refractivity contribution in [3.8, 4) is 0 Å². The first-order valence-electron chi connectivity index (χ1n) is 13.7. The molecule has 1 aliphatic heterocycles. The van der Waals surface area contributed by atoms with Crippen molar-refractivity contribution in [3.05, 3.63) is 56.5 Å². The van der Waals surface area contributed by atoms with Gasteiger partial charge in [0.05, 0.1) is 13.2 Å². The second kappa shape index (κ2) is 11.7. The molecule has 4 N–H and O–H groups in total. The van der Waals surface area contributed by atoms with Gasteiger partial charge in [-0.05, 0) is 75.8 Å². The van der Waals surface area contributed by atoms with Gasteiger partial charge in [0.1, 0.15) is 6.17 Å². The molecule has 1 aliphatic carbocycles.